The van der Waals surface area contributed by atoms with Crippen molar-refractivity contribution in [2.75, 3.05) is 29.4 Å². The Hall–Kier alpha value is -3.36. The number of hydrogen-bond acceptors (Lipinski definition) is 4. The van der Waals surface area contributed by atoms with Crippen LogP contribution in [0, 0.1) is 0 Å². The maximum absolute atomic E-state index is 13.5. The number of anilines is 2. The van der Waals surface area contributed by atoms with Gasteiger partial charge in [-0.2, -0.15) is 18.3 Å². The first-order valence-corrected chi connectivity index (χ1v) is 11.1. The Balaban J connectivity index is 1.49. The number of carbonyl (C=O) groups is 1. The van der Waals surface area contributed by atoms with Gasteiger partial charge in [0.15, 0.2) is 0 Å². The molecule has 3 aromatic rings. The second kappa shape index (κ2) is 8.20. The van der Waals surface area contributed by atoms with E-state index in [4.69, 9.17) is 0 Å². The average molecular weight is 455 g/mol. The van der Waals surface area contributed by atoms with Gasteiger partial charge in [-0.25, -0.2) is 4.98 Å². The van der Waals surface area contributed by atoms with Crippen molar-refractivity contribution < 1.29 is 18.0 Å². The van der Waals surface area contributed by atoms with Crippen LogP contribution in [-0.2, 0) is 6.18 Å². The zero-order valence-corrected chi connectivity index (χ0v) is 18.2. The average Bonchev–Trinajstić information content (AvgIpc) is 3.28. The van der Waals surface area contributed by atoms with Gasteiger partial charge < -0.3 is 9.80 Å². The van der Waals surface area contributed by atoms with Crippen molar-refractivity contribution in [3.05, 3.63) is 60.0 Å². The highest BCUT2D eigenvalue weighted by Gasteiger charge is 2.35. The zero-order chi connectivity index (χ0) is 23.2. The molecule has 0 aliphatic carbocycles. The maximum Gasteiger partial charge on any atom is 0.416 e. The number of alkyl halides is 3. The van der Waals surface area contributed by atoms with Crippen molar-refractivity contribution in [3.63, 3.8) is 0 Å². The van der Waals surface area contributed by atoms with Crippen molar-refractivity contribution in [2.24, 2.45) is 0 Å². The van der Waals surface area contributed by atoms with E-state index in [1.165, 1.54) is 23.5 Å². The fourth-order valence-electron chi connectivity index (χ4n) is 4.61. The van der Waals surface area contributed by atoms with Crippen LogP contribution in [0.4, 0.5) is 24.7 Å². The quantitative estimate of drug-likeness (QED) is 0.547. The molecule has 1 amide bonds. The monoisotopic (exact) mass is 455 g/mol. The van der Waals surface area contributed by atoms with Crippen molar-refractivity contribution in [3.8, 4) is 11.1 Å². The summed E-state index contributed by atoms with van der Waals surface area (Å²) >= 11 is 0. The highest BCUT2D eigenvalue weighted by atomic mass is 19.4. The molecular weight excluding hydrogens is 431 g/mol. The smallest absolute Gasteiger partial charge is 0.357 e. The number of halogens is 3. The van der Waals surface area contributed by atoms with Gasteiger partial charge in [-0.1, -0.05) is 0 Å². The lowest BCUT2D eigenvalue weighted by Gasteiger charge is -2.32. The van der Waals surface area contributed by atoms with Crippen LogP contribution in [0.2, 0.25) is 0 Å². The number of amides is 1. The predicted molar refractivity (Wildman–Crippen MR) is 119 cm³/mol. The molecule has 0 bridgehead atoms. The molecule has 1 atom stereocenters. The third-order valence-corrected chi connectivity index (χ3v) is 6.35. The number of hydrogen-bond donors (Lipinski definition) is 0. The molecule has 9 heteroatoms. The molecule has 1 aromatic carbocycles. The number of rotatable bonds is 3. The third-order valence-electron chi connectivity index (χ3n) is 6.35. The summed E-state index contributed by atoms with van der Waals surface area (Å²) < 4.78 is 40.6. The first-order chi connectivity index (χ1) is 15.8. The number of carbonyl (C=O) groups excluding carboxylic acids is 1. The SMILES string of the molecule is C[C@H]1CN(c2ccc(C(F)(F)F)cc2)C(=O)c2c(-c3ccnc(N4CCCCC4)c3)cnn21. The number of pyridine rings is 1. The minimum absolute atomic E-state index is 0.128. The molecule has 2 aliphatic rings. The van der Waals surface area contributed by atoms with Gasteiger partial charge in [-0.3, -0.25) is 9.48 Å². The number of fused-ring (bicyclic) bond motifs is 1. The fourth-order valence-corrected chi connectivity index (χ4v) is 4.61. The molecule has 0 spiro atoms. The molecule has 5 rings (SSSR count). The van der Waals surface area contributed by atoms with Crippen LogP contribution in [0.25, 0.3) is 11.1 Å². The van der Waals surface area contributed by atoms with Crippen LogP contribution < -0.4 is 9.80 Å². The summed E-state index contributed by atoms with van der Waals surface area (Å²) in [6.07, 6.45) is 2.50. The van der Waals surface area contributed by atoms with Crippen molar-refractivity contribution in [1.29, 1.82) is 0 Å². The highest BCUT2D eigenvalue weighted by molar-refractivity contribution is 6.09. The zero-order valence-electron chi connectivity index (χ0n) is 18.2. The van der Waals surface area contributed by atoms with Crippen LogP contribution in [-0.4, -0.2) is 40.3 Å². The summed E-state index contributed by atoms with van der Waals surface area (Å²) in [5.74, 6) is 0.597. The van der Waals surface area contributed by atoms with E-state index in [-0.39, 0.29) is 11.9 Å². The van der Waals surface area contributed by atoms with Crippen molar-refractivity contribution in [1.82, 2.24) is 14.8 Å². The van der Waals surface area contributed by atoms with E-state index < -0.39 is 11.7 Å². The second-order valence-corrected chi connectivity index (χ2v) is 8.61. The van der Waals surface area contributed by atoms with E-state index >= 15 is 0 Å². The Morgan fingerprint density at radius 1 is 1.03 bits per heavy atom. The summed E-state index contributed by atoms with van der Waals surface area (Å²) in [4.78, 5) is 21.8. The predicted octanol–water partition coefficient (Wildman–Crippen LogP) is 5.18. The van der Waals surface area contributed by atoms with E-state index in [0.717, 1.165) is 49.4 Å². The Morgan fingerprint density at radius 2 is 1.76 bits per heavy atom. The summed E-state index contributed by atoms with van der Waals surface area (Å²) in [7, 11) is 0. The molecule has 172 valence electrons. The summed E-state index contributed by atoms with van der Waals surface area (Å²) in [6, 6.07) is 8.43. The van der Waals surface area contributed by atoms with E-state index in [9.17, 15) is 18.0 Å². The maximum atomic E-state index is 13.5. The van der Waals surface area contributed by atoms with E-state index in [1.807, 2.05) is 19.1 Å². The van der Waals surface area contributed by atoms with Crippen LogP contribution >= 0.6 is 0 Å². The van der Waals surface area contributed by atoms with Crippen LogP contribution in [0.15, 0.2) is 48.8 Å². The second-order valence-electron chi connectivity index (χ2n) is 8.61. The molecule has 1 fully saturated rings. The fraction of sp³-hybridized carbons (Fsp3) is 0.375. The Kier molecular flexibility index (Phi) is 5.34. The molecular formula is C24H24F3N5O. The summed E-state index contributed by atoms with van der Waals surface area (Å²) in [5.41, 5.74) is 1.67. The standard InChI is InChI=1S/C24H24F3N5O/c1-16-15-31(19-7-5-18(6-8-19)24(25,26)27)23(33)22-20(14-29-32(16)22)17-9-10-28-21(13-17)30-11-3-2-4-12-30/h5-10,13-14,16H,2-4,11-12,15H2,1H3/t16-/m0/s1. The molecule has 0 radical (unpaired) electrons. The normalized spacial score (nSPS) is 19.0. The van der Waals surface area contributed by atoms with Gasteiger partial charge in [0.25, 0.3) is 5.91 Å². The molecule has 0 unspecified atom stereocenters. The van der Waals surface area contributed by atoms with Gasteiger partial charge >= 0.3 is 6.18 Å². The van der Waals surface area contributed by atoms with E-state index in [0.29, 0.717) is 23.5 Å². The largest absolute Gasteiger partial charge is 0.416 e. The molecule has 2 aliphatic heterocycles. The molecule has 0 saturated carbocycles. The molecule has 33 heavy (non-hydrogen) atoms. The topological polar surface area (TPSA) is 54.3 Å². The summed E-state index contributed by atoms with van der Waals surface area (Å²) in [6.45, 7) is 4.18. The Labute approximate surface area is 189 Å². The lowest BCUT2D eigenvalue weighted by Crippen LogP contribution is -2.42. The minimum atomic E-state index is -4.42. The van der Waals surface area contributed by atoms with E-state index in [2.05, 4.69) is 15.0 Å². The van der Waals surface area contributed by atoms with Crippen LogP contribution in [0.1, 0.15) is 48.3 Å². The van der Waals surface area contributed by atoms with Gasteiger partial charge in [-0.05, 0) is 68.1 Å². The van der Waals surface area contributed by atoms with Crippen molar-refractivity contribution >= 4 is 17.4 Å². The van der Waals surface area contributed by atoms with Gasteiger partial charge in [0.1, 0.15) is 11.5 Å². The van der Waals surface area contributed by atoms with Gasteiger partial charge in [0, 0.05) is 37.1 Å². The lowest BCUT2D eigenvalue weighted by molar-refractivity contribution is -0.137. The molecule has 1 saturated heterocycles. The van der Waals surface area contributed by atoms with E-state index in [1.54, 1.807) is 17.1 Å². The summed E-state index contributed by atoms with van der Waals surface area (Å²) in [5, 5.41) is 4.47. The number of aromatic nitrogens is 3. The number of benzene rings is 1. The number of nitrogens with zero attached hydrogens (tertiary/aromatic N) is 5. The highest BCUT2D eigenvalue weighted by Crippen LogP contribution is 2.35. The van der Waals surface area contributed by atoms with Gasteiger partial charge in [0.05, 0.1) is 17.8 Å². The Bertz CT molecular complexity index is 1170. The first-order valence-electron chi connectivity index (χ1n) is 11.1. The van der Waals surface area contributed by atoms with Crippen LogP contribution in [0.5, 0.6) is 0 Å². The first kappa shape index (κ1) is 21.5. The molecule has 6 nitrogen and oxygen atoms in total. The molecule has 0 N–H and O–H groups in total. The Morgan fingerprint density at radius 3 is 2.45 bits per heavy atom. The van der Waals surface area contributed by atoms with Crippen molar-refractivity contribution in [2.45, 2.75) is 38.4 Å². The number of piperidine rings is 1. The van der Waals surface area contributed by atoms with Crippen LogP contribution in [0.3, 0.4) is 0 Å². The van der Waals surface area contributed by atoms with Gasteiger partial charge in [-0.15, -0.1) is 0 Å². The third kappa shape index (κ3) is 3.96. The lowest BCUT2D eigenvalue weighted by atomic mass is 10.0. The van der Waals surface area contributed by atoms with Gasteiger partial charge in [0.2, 0.25) is 0 Å². The molecule has 4 heterocycles. The molecule has 2 aromatic heterocycles. The minimum Gasteiger partial charge on any atom is -0.357 e.